The Bertz CT molecular complexity index is 1490. The average Bonchev–Trinajstić information content (AvgIpc) is 3.43. The van der Waals surface area contributed by atoms with E-state index in [1.54, 1.807) is 18.2 Å². The molecule has 0 saturated carbocycles. The standard InChI is InChI=1S/C30H30N2O4S/c33-30(31-18-20-36-29-15-7-6-13-26(29)21-23-9-2-1-3-10-23)28-14-8-19-32(28)37(34,35)27-17-16-24-11-4-5-12-25(24)22-27/h1-7,9-13,15-17,22,28H,8,14,18-21H2,(H,31,33)/t28-/m0/s1. The van der Waals surface area contributed by atoms with Crippen molar-refractivity contribution in [2.75, 3.05) is 19.7 Å². The van der Waals surface area contributed by atoms with Crippen molar-refractivity contribution < 1.29 is 17.9 Å². The molecule has 1 fully saturated rings. The first kappa shape index (κ1) is 25.0. The zero-order valence-corrected chi connectivity index (χ0v) is 21.4. The molecule has 0 aliphatic carbocycles. The molecule has 37 heavy (non-hydrogen) atoms. The SMILES string of the molecule is O=C(NCCOc1ccccc1Cc1ccccc1)[C@@H]1CCCN1S(=O)(=O)c1ccc2ccccc2c1. The Morgan fingerprint density at radius 1 is 0.892 bits per heavy atom. The number of fused-ring (bicyclic) bond motifs is 1. The van der Waals surface area contributed by atoms with Crippen molar-refractivity contribution >= 4 is 26.7 Å². The molecule has 1 N–H and O–H groups in total. The number of amides is 1. The van der Waals surface area contributed by atoms with Crippen LogP contribution in [0.25, 0.3) is 10.8 Å². The molecular formula is C30H30N2O4S. The molecule has 0 bridgehead atoms. The lowest BCUT2D eigenvalue weighted by Crippen LogP contribution is -2.46. The molecular weight excluding hydrogens is 484 g/mol. The lowest BCUT2D eigenvalue weighted by Gasteiger charge is -2.23. The van der Waals surface area contributed by atoms with Crippen molar-refractivity contribution in [3.05, 3.63) is 108 Å². The molecule has 1 aliphatic heterocycles. The van der Waals surface area contributed by atoms with Gasteiger partial charge < -0.3 is 10.1 Å². The highest BCUT2D eigenvalue weighted by atomic mass is 32.2. The summed E-state index contributed by atoms with van der Waals surface area (Å²) in [6.45, 7) is 0.914. The van der Waals surface area contributed by atoms with E-state index >= 15 is 0 Å². The van der Waals surface area contributed by atoms with Crippen LogP contribution in [0.3, 0.4) is 0 Å². The number of nitrogens with one attached hydrogen (secondary N) is 1. The molecule has 0 unspecified atom stereocenters. The van der Waals surface area contributed by atoms with Gasteiger partial charge in [-0.15, -0.1) is 0 Å². The van der Waals surface area contributed by atoms with Gasteiger partial charge in [0.05, 0.1) is 11.4 Å². The third kappa shape index (κ3) is 5.68. The Labute approximate surface area is 217 Å². The van der Waals surface area contributed by atoms with Crippen LogP contribution in [-0.2, 0) is 21.2 Å². The van der Waals surface area contributed by atoms with Gasteiger partial charge in [-0.2, -0.15) is 4.31 Å². The second-order valence-corrected chi connectivity index (χ2v) is 11.1. The maximum atomic E-state index is 13.4. The topological polar surface area (TPSA) is 75.7 Å². The summed E-state index contributed by atoms with van der Waals surface area (Å²) >= 11 is 0. The molecule has 1 heterocycles. The Morgan fingerprint density at radius 2 is 1.62 bits per heavy atom. The van der Waals surface area contributed by atoms with Crippen molar-refractivity contribution in [2.45, 2.75) is 30.2 Å². The molecule has 6 nitrogen and oxygen atoms in total. The van der Waals surface area contributed by atoms with Crippen molar-refractivity contribution in [3.8, 4) is 5.75 Å². The van der Waals surface area contributed by atoms with Crippen LogP contribution in [-0.4, -0.2) is 44.4 Å². The molecule has 0 aromatic heterocycles. The van der Waals surface area contributed by atoms with E-state index in [2.05, 4.69) is 17.4 Å². The minimum Gasteiger partial charge on any atom is -0.491 e. The monoisotopic (exact) mass is 514 g/mol. The molecule has 0 radical (unpaired) electrons. The number of ether oxygens (including phenoxy) is 1. The van der Waals surface area contributed by atoms with Crippen LogP contribution in [0.1, 0.15) is 24.0 Å². The Morgan fingerprint density at radius 3 is 2.46 bits per heavy atom. The summed E-state index contributed by atoms with van der Waals surface area (Å²) in [7, 11) is -3.79. The zero-order chi connectivity index (χ0) is 25.7. The Balaban J connectivity index is 1.19. The third-order valence-corrected chi connectivity index (χ3v) is 8.61. The first-order chi connectivity index (χ1) is 18.0. The largest absolute Gasteiger partial charge is 0.491 e. The zero-order valence-electron chi connectivity index (χ0n) is 20.5. The fourth-order valence-corrected chi connectivity index (χ4v) is 6.50. The van der Waals surface area contributed by atoms with Crippen molar-refractivity contribution in [3.63, 3.8) is 0 Å². The Hall–Kier alpha value is -3.68. The second kappa shape index (κ2) is 11.2. The van der Waals surface area contributed by atoms with E-state index in [9.17, 15) is 13.2 Å². The summed E-state index contributed by atoms with van der Waals surface area (Å²) in [4.78, 5) is 13.2. The van der Waals surface area contributed by atoms with Crippen LogP contribution in [0.2, 0.25) is 0 Å². The number of carbonyl (C=O) groups is 1. The third-order valence-electron chi connectivity index (χ3n) is 6.70. The smallest absolute Gasteiger partial charge is 0.243 e. The number of hydrogen-bond acceptors (Lipinski definition) is 4. The highest BCUT2D eigenvalue weighted by Gasteiger charge is 2.39. The average molecular weight is 515 g/mol. The normalized spacial score (nSPS) is 16.1. The fourth-order valence-electron chi connectivity index (χ4n) is 4.81. The number of hydrogen-bond donors (Lipinski definition) is 1. The lowest BCUT2D eigenvalue weighted by atomic mass is 10.0. The summed E-state index contributed by atoms with van der Waals surface area (Å²) in [5.74, 6) is 0.491. The van der Waals surface area contributed by atoms with Gasteiger partial charge in [0.15, 0.2) is 0 Å². The van der Waals surface area contributed by atoms with E-state index < -0.39 is 16.1 Å². The molecule has 190 valence electrons. The van der Waals surface area contributed by atoms with Gasteiger partial charge in [0.2, 0.25) is 15.9 Å². The highest BCUT2D eigenvalue weighted by Crippen LogP contribution is 2.28. The maximum Gasteiger partial charge on any atom is 0.243 e. The quantitative estimate of drug-likeness (QED) is 0.326. The molecule has 7 heteroatoms. The van der Waals surface area contributed by atoms with Crippen LogP contribution in [0.4, 0.5) is 0 Å². The molecule has 1 amide bonds. The molecule has 4 aromatic carbocycles. The van der Waals surface area contributed by atoms with Gasteiger partial charge in [-0.05, 0) is 52.9 Å². The lowest BCUT2D eigenvalue weighted by molar-refractivity contribution is -0.124. The van der Waals surface area contributed by atoms with Gasteiger partial charge in [0.1, 0.15) is 18.4 Å². The summed E-state index contributed by atoms with van der Waals surface area (Å²) in [5.41, 5.74) is 2.27. The number of benzene rings is 4. The van der Waals surface area contributed by atoms with Gasteiger partial charge in [-0.3, -0.25) is 4.79 Å². The van der Waals surface area contributed by atoms with Gasteiger partial charge >= 0.3 is 0 Å². The molecule has 5 rings (SSSR count). The number of para-hydroxylation sites is 1. The molecule has 1 atom stereocenters. The van der Waals surface area contributed by atoms with E-state index in [0.717, 1.165) is 28.5 Å². The van der Waals surface area contributed by atoms with Crippen molar-refractivity contribution in [2.24, 2.45) is 0 Å². The van der Waals surface area contributed by atoms with Gasteiger partial charge in [0, 0.05) is 13.0 Å². The predicted octanol–water partition coefficient (Wildman–Crippen LogP) is 4.78. The minimum atomic E-state index is -3.79. The molecule has 0 spiro atoms. The van der Waals surface area contributed by atoms with Crippen LogP contribution in [0.5, 0.6) is 5.75 Å². The predicted molar refractivity (Wildman–Crippen MR) is 145 cm³/mol. The van der Waals surface area contributed by atoms with Gasteiger partial charge in [-0.1, -0.05) is 78.9 Å². The van der Waals surface area contributed by atoms with E-state index in [4.69, 9.17) is 4.74 Å². The maximum absolute atomic E-state index is 13.4. The fraction of sp³-hybridized carbons (Fsp3) is 0.233. The van der Waals surface area contributed by atoms with Crippen molar-refractivity contribution in [1.82, 2.24) is 9.62 Å². The summed E-state index contributed by atoms with van der Waals surface area (Å²) in [6, 6.07) is 30.1. The van der Waals surface area contributed by atoms with Gasteiger partial charge in [-0.25, -0.2) is 8.42 Å². The number of sulfonamides is 1. The summed E-state index contributed by atoms with van der Waals surface area (Å²) in [6.07, 6.45) is 1.90. The van der Waals surface area contributed by atoms with Crippen LogP contribution >= 0.6 is 0 Å². The summed E-state index contributed by atoms with van der Waals surface area (Å²) in [5, 5.41) is 4.71. The van der Waals surface area contributed by atoms with E-state index in [-0.39, 0.29) is 10.8 Å². The number of nitrogens with zero attached hydrogens (tertiary/aromatic N) is 1. The van der Waals surface area contributed by atoms with E-state index in [0.29, 0.717) is 32.5 Å². The van der Waals surface area contributed by atoms with E-state index in [1.807, 2.05) is 66.7 Å². The van der Waals surface area contributed by atoms with Crippen LogP contribution in [0, 0.1) is 0 Å². The number of rotatable bonds is 9. The number of carbonyl (C=O) groups excluding carboxylic acids is 1. The van der Waals surface area contributed by atoms with Gasteiger partial charge in [0.25, 0.3) is 0 Å². The van der Waals surface area contributed by atoms with Crippen LogP contribution in [0.15, 0.2) is 102 Å². The molecule has 4 aromatic rings. The van der Waals surface area contributed by atoms with E-state index in [1.165, 1.54) is 9.87 Å². The van der Waals surface area contributed by atoms with Crippen molar-refractivity contribution in [1.29, 1.82) is 0 Å². The highest BCUT2D eigenvalue weighted by molar-refractivity contribution is 7.89. The summed E-state index contributed by atoms with van der Waals surface area (Å²) < 4.78 is 34.1. The Kier molecular flexibility index (Phi) is 7.53. The first-order valence-corrected chi connectivity index (χ1v) is 14.0. The van der Waals surface area contributed by atoms with Crippen LogP contribution < -0.4 is 10.1 Å². The second-order valence-electron chi connectivity index (χ2n) is 9.19. The first-order valence-electron chi connectivity index (χ1n) is 12.6. The molecule has 1 saturated heterocycles. The minimum absolute atomic E-state index is 0.212. The molecule has 1 aliphatic rings.